The van der Waals surface area contributed by atoms with Crippen molar-refractivity contribution in [1.29, 1.82) is 0 Å². The van der Waals surface area contributed by atoms with Crippen molar-refractivity contribution in [2.45, 2.75) is 19.4 Å². The van der Waals surface area contributed by atoms with Crippen LogP contribution in [-0.2, 0) is 11.2 Å². The van der Waals surface area contributed by atoms with E-state index in [-0.39, 0.29) is 17.9 Å². The highest BCUT2D eigenvalue weighted by Gasteiger charge is 2.21. The molecule has 2 atom stereocenters. The third-order valence-electron chi connectivity index (χ3n) is 3.44. The van der Waals surface area contributed by atoms with Gasteiger partial charge in [-0.2, -0.15) is 0 Å². The zero-order chi connectivity index (χ0) is 15.2. The van der Waals surface area contributed by atoms with E-state index in [9.17, 15) is 4.79 Å². The minimum Gasteiger partial charge on any atom is -0.355 e. The van der Waals surface area contributed by atoms with E-state index < -0.39 is 0 Å². The molecule has 0 saturated carbocycles. The summed E-state index contributed by atoms with van der Waals surface area (Å²) >= 11 is 7.42. The molecule has 1 heterocycles. The van der Waals surface area contributed by atoms with Gasteiger partial charge in [-0.25, -0.2) is 0 Å². The number of nitrogens with one attached hydrogen (secondary N) is 1. The molecule has 1 aromatic carbocycles. The number of halogens is 1. The summed E-state index contributed by atoms with van der Waals surface area (Å²) in [6.45, 7) is 2.45. The average molecular weight is 323 g/mol. The van der Waals surface area contributed by atoms with E-state index in [1.807, 2.05) is 49.4 Å². The predicted molar refractivity (Wildman–Crippen MR) is 88.6 cm³/mol. The van der Waals surface area contributed by atoms with Gasteiger partial charge in [0.1, 0.15) is 0 Å². The standard InChI is InChI=1S/C16H19ClN2OS/c1-11(15(18)12-5-3-2-4-6-12)16(20)19-10-9-13-7-8-14(17)21-13/h2-8,11,15H,9-10,18H2,1H3,(H,19,20). The Bertz CT molecular complexity index is 585. The highest BCUT2D eigenvalue weighted by Crippen LogP contribution is 2.22. The van der Waals surface area contributed by atoms with Crippen LogP contribution < -0.4 is 11.1 Å². The molecule has 5 heteroatoms. The number of thiophene rings is 1. The van der Waals surface area contributed by atoms with E-state index >= 15 is 0 Å². The lowest BCUT2D eigenvalue weighted by Crippen LogP contribution is -2.36. The number of amides is 1. The molecule has 0 saturated heterocycles. The van der Waals surface area contributed by atoms with Crippen LogP contribution in [0.1, 0.15) is 23.4 Å². The minimum atomic E-state index is -0.289. The summed E-state index contributed by atoms with van der Waals surface area (Å²) in [4.78, 5) is 13.3. The number of rotatable bonds is 6. The van der Waals surface area contributed by atoms with Gasteiger partial charge in [-0.1, -0.05) is 48.9 Å². The van der Waals surface area contributed by atoms with Gasteiger partial charge in [-0.3, -0.25) is 4.79 Å². The summed E-state index contributed by atoms with van der Waals surface area (Å²) < 4.78 is 0.774. The quantitative estimate of drug-likeness (QED) is 0.856. The van der Waals surface area contributed by atoms with Crippen molar-refractivity contribution in [1.82, 2.24) is 5.32 Å². The van der Waals surface area contributed by atoms with Crippen LogP contribution in [0.2, 0.25) is 4.34 Å². The molecule has 3 nitrogen and oxygen atoms in total. The van der Waals surface area contributed by atoms with Crippen LogP contribution in [0.4, 0.5) is 0 Å². The fourth-order valence-corrected chi connectivity index (χ4v) is 3.17. The zero-order valence-corrected chi connectivity index (χ0v) is 13.5. The SMILES string of the molecule is CC(C(=O)NCCc1ccc(Cl)s1)C(N)c1ccccc1. The highest BCUT2D eigenvalue weighted by atomic mass is 35.5. The van der Waals surface area contributed by atoms with Crippen LogP contribution in [0.25, 0.3) is 0 Å². The lowest BCUT2D eigenvalue weighted by Gasteiger charge is -2.19. The number of nitrogens with two attached hydrogens (primary N) is 1. The lowest BCUT2D eigenvalue weighted by atomic mass is 9.95. The molecule has 0 aliphatic heterocycles. The van der Waals surface area contributed by atoms with Gasteiger partial charge in [0.25, 0.3) is 0 Å². The van der Waals surface area contributed by atoms with E-state index in [4.69, 9.17) is 17.3 Å². The maximum absolute atomic E-state index is 12.1. The van der Waals surface area contributed by atoms with Gasteiger partial charge in [0.2, 0.25) is 5.91 Å². The molecule has 1 aromatic heterocycles. The van der Waals surface area contributed by atoms with Crippen molar-refractivity contribution >= 4 is 28.8 Å². The van der Waals surface area contributed by atoms with Crippen molar-refractivity contribution in [3.63, 3.8) is 0 Å². The van der Waals surface area contributed by atoms with Crippen LogP contribution in [0.15, 0.2) is 42.5 Å². The van der Waals surface area contributed by atoms with E-state index in [1.165, 1.54) is 4.88 Å². The molecule has 0 fully saturated rings. The van der Waals surface area contributed by atoms with Crippen molar-refractivity contribution in [2.24, 2.45) is 11.7 Å². The van der Waals surface area contributed by atoms with Crippen molar-refractivity contribution in [3.8, 4) is 0 Å². The Morgan fingerprint density at radius 3 is 2.62 bits per heavy atom. The molecule has 2 aromatic rings. The second kappa shape index (κ2) is 7.59. The Kier molecular flexibility index (Phi) is 5.79. The van der Waals surface area contributed by atoms with Crippen LogP contribution >= 0.6 is 22.9 Å². The van der Waals surface area contributed by atoms with Crippen molar-refractivity contribution in [2.75, 3.05) is 6.54 Å². The first-order valence-corrected chi connectivity index (χ1v) is 8.10. The molecule has 112 valence electrons. The second-order valence-corrected chi connectivity index (χ2v) is 6.77. The van der Waals surface area contributed by atoms with Gasteiger partial charge in [-0.05, 0) is 24.1 Å². The van der Waals surface area contributed by atoms with Gasteiger partial charge in [0, 0.05) is 17.5 Å². The molecule has 3 N–H and O–H groups in total. The van der Waals surface area contributed by atoms with Crippen LogP contribution in [0.3, 0.4) is 0 Å². The van der Waals surface area contributed by atoms with Crippen molar-refractivity contribution in [3.05, 3.63) is 57.2 Å². The molecule has 0 bridgehead atoms. The van der Waals surface area contributed by atoms with Gasteiger partial charge >= 0.3 is 0 Å². The maximum atomic E-state index is 12.1. The third-order valence-corrected chi connectivity index (χ3v) is 4.73. The first kappa shape index (κ1) is 16.0. The van der Waals surface area contributed by atoms with Gasteiger partial charge in [-0.15, -0.1) is 11.3 Å². The van der Waals surface area contributed by atoms with Crippen molar-refractivity contribution < 1.29 is 4.79 Å². The monoisotopic (exact) mass is 322 g/mol. The topological polar surface area (TPSA) is 55.1 Å². The number of carbonyl (C=O) groups excluding carboxylic acids is 1. The number of hydrogen-bond acceptors (Lipinski definition) is 3. The third kappa shape index (κ3) is 4.56. The molecule has 0 radical (unpaired) electrons. The fraction of sp³-hybridized carbons (Fsp3) is 0.312. The van der Waals surface area contributed by atoms with Crippen LogP contribution in [0.5, 0.6) is 0 Å². The number of benzene rings is 1. The Morgan fingerprint density at radius 2 is 2.00 bits per heavy atom. The highest BCUT2D eigenvalue weighted by molar-refractivity contribution is 7.16. The molecule has 21 heavy (non-hydrogen) atoms. The molecule has 0 aliphatic rings. The zero-order valence-electron chi connectivity index (χ0n) is 11.9. The summed E-state index contributed by atoms with van der Waals surface area (Å²) in [7, 11) is 0. The summed E-state index contributed by atoms with van der Waals surface area (Å²) in [5, 5.41) is 2.94. The first-order chi connectivity index (χ1) is 10.1. The smallest absolute Gasteiger partial charge is 0.224 e. The molecule has 0 spiro atoms. The fourth-order valence-electron chi connectivity index (χ4n) is 2.08. The number of hydrogen-bond donors (Lipinski definition) is 2. The predicted octanol–water partition coefficient (Wildman–Crippen LogP) is 3.40. The van der Waals surface area contributed by atoms with Crippen LogP contribution in [0, 0.1) is 5.92 Å². The largest absolute Gasteiger partial charge is 0.355 e. The molecule has 0 aliphatic carbocycles. The Hall–Kier alpha value is -1.36. The summed E-state index contributed by atoms with van der Waals surface area (Å²) in [6, 6.07) is 13.3. The Balaban J connectivity index is 1.82. The lowest BCUT2D eigenvalue weighted by molar-refractivity contribution is -0.125. The minimum absolute atomic E-state index is 0.0194. The average Bonchev–Trinajstić information content (AvgIpc) is 2.92. The number of carbonyl (C=O) groups is 1. The summed E-state index contributed by atoms with van der Waals surface area (Å²) in [5.74, 6) is -0.284. The van der Waals surface area contributed by atoms with Gasteiger partial charge < -0.3 is 11.1 Å². The van der Waals surface area contributed by atoms with Gasteiger partial charge in [0.05, 0.1) is 10.3 Å². The van der Waals surface area contributed by atoms with E-state index in [2.05, 4.69) is 5.32 Å². The van der Waals surface area contributed by atoms with E-state index in [1.54, 1.807) is 11.3 Å². The summed E-state index contributed by atoms with van der Waals surface area (Å²) in [6.07, 6.45) is 0.788. The maximum Gasteiger partial charge on any atom is 0.224 e. The van der Waals surface area contributed by atoms with Crippen LogP contribution in [-0.4, -0.2) is 12.5 Å². The van der Waals surface area contributed by atoms with E-state index in [0.717, 1.165) is 16.3 Å². The summed E-state index contributed by atoms with van der Waals surface area (Å²) in [5.41, 5.74) is 7.13. The molecule has 2 unspecified atom stereocenters. The molecule has 2 rings (SSSR count). The van der Waals surface area contributed by atoms with Gasteiger partial charge in [0.15, 0.2) is 0 Å². The molecular weight excluding hydrogens is 304 g/mol. The first-order valence-electron chi connectivity index (χ1n) is 6.90. The second-order valence-electron chi connectivity index (χ2n) is 4.97. The normalized spacial score (nSPS) is 13.7. The van der Waals surface area contributed by atoms with E-state index in [0.29, 0.717) is 6.54 Å². The Labute approximate surface area is 134 Å². The Morgan fingerprint density at radius 1 is 1.29 bits per heavy atom. The molecule has 1 amide bonds. The molecular formula is C16H19ClN2OS.